The Hall–Kier alpha value is -1.14. The minimum absolute atomic E-state index is 0. The van der Waals surface area contributed by atoms with Gasteiger partial charge >= 0.3 is 0 Å². The van der Waals surface area contributed by atoms with Crippen LogP contribution in [-0.2, 0) is 11.2 Å². The summed E-state index contributed by atoms with van der Waals surface area (Å²) < 4.78 is 0. The molecule has 0 aromatic heterocycles. The molecule has 2 aliphatic rings. The number of nitrogens with zero attached hydrogens (tertiary/aromatic N) is 2. The van der Waals surface area contributed by atoms with Gasteiger partial charge in [0.15, 0.2) is 0 Å². The molecular weight excluding hydrogens is 326 g/mol. The number of hydrogen-bond acceptors (Lipinski definition) is 4. The summed E-state index contributed by atoms with van der Waals surface area (Å²) in [5.74, 6) is 0.237. The van der Waals surface area contributed by atoms with Crippen LogP contribution in [0.5, 0.6) is 0 Å². The van der Waals surface area contributed by atoms with Gasteiger partial charge in [-0.2, -0.15) is 0 Å². The van der Waals surface area contributed by atoms with Crippen molar-refractivity contribution in [1.29, 1.82) is 0 Å². The third-order valence-electron chi connectivity index (χ3n) is 5.01. The average Bonchev–Trinajstić information content (AvgIpc) is 3.03. The SMILES string of the molecule is Cl.O=C(CCN(CCO)C1CCc2ccccc21)N1CCNCC1. The molecule has 1 aliphatic heterocycles. The van der Waals surface area contributed by atoms with Crippen molar-refractivity contribution >= 4 is 18.3 Å². The van der Waals surface area contributed by atoms with Crippen molar-refractivity contribution in [2.24, 2.45) is 0 Å². The maximum atomic E-state index is 12.4. The molecule has 0 saturated carbocycles. The Kier molecular flexibility index (Phi) is 7.49. The lowest BCUT2D eigenvalue weighted by Crippen LogP contribution is -2.47. The number of rotatable bonds is 6. The number of nitrogens with one attached hydrogen (secondary N) is 1. The van der Waals surface area contributed by atoms with Gasteiger partial charge in [0.25, 0.3) is 0 Å². The van der Waals surface area contributed by atoms with E-state index < -0.39 is 0 Å². The van der Waals surface area contributed by atoms with Gasteiger partial charge in [0.1, 0.15) is 0 Å². The summed E-state index contributed by atoms with van der Waals surface area (Å²) in [6.07, 6.45) is 2.72. The number of halogens is 1. The van der Waals surface area contributed by atoms with Crippen LogP contribution in [0.1, 0.15) is 30.0 Å². The van der Waals surface area contributed by atoms with Crippen molar-refractivity contribution in [1.82, 2.24) is 15.1 Å². The fraction of sp³-hybridized carbons (Fsp3) is 0.611. The van der Waals surface area contributed by atoms with Crippen molar-refractivity contribution in [3.8, 4) is 0 Å². The Balaban J connectivity index is 0.00000208. The highest BCUT2D eigenvalue weighted by Crippen LogP contribution is 2.35. The first kappa shape index (κ1) is 19.2. The molecule has 1 fully saturated rings. The summed E-state index contributed by atoms with van der Waals surface area (Å²) in [4.78, 5) is 16.6. The first-order chi connectivity index (χ1) is 11.3. The normalized spacial score (nSPS) is 19.9. The number of carbonyl (C=O) groups is 1. The highest BCUT2D eigenvalue weighted by atomic mass is 35.5. The van der Waals surface area contributed by atoms with Crippen molar-refractivity contribution in [3.05, 3.63) is 35.4 Å². The lowest BCUT2D eigenvalue weighted by Gasteiger charge is -2.31. The maximum Gasteiger partial charge on any atom is 0.223 e. The van der Waals surface area contributed by atoms with Crippen LogP contribution in [0.4, 0.5) is 0 Å². The number of aliphatic hydroxyl groups excluding tert-OH is 1. The minimum Gasteiger partial charge on any atom is -0.395 e. The third kappa shape index (κ3) is 4.48. The predicted octanol–water partition coefficient (Wildman–Crippen LogP) is 1.21. The molecule has 0 spiro atoms. The van der Waals surface area contributed by atoms with Crippen LogP contribution < -0.4 is 5.32 Å². The van der Waals surface area contributed by atoms with Gasteiger partial charge in [0.2, 0.25) is 5.91 Å². The summed E-state index contributed by atoms with van der Waals surface area (Å²) in [5, 5.41) is 12.7. The Morgan fingerprint density at radius 2 is 2.00 bits per heavy atom. The van der Waals surface area contributed by atoms with E-state index in [1.165, 1.54) is 11.1 Å². The number of fused-ring (bicyclic) bond motifs is 1. The largest absolute Gasteiger partial charge is 0.395 e. The molecule has 1 atom stereocenters. The molecule has 1 amide bonds. The van der Waals surface area contributed by atoms with Crippen molar-refractivity contribution < 1.29 is 9.90 Å². The van der Waals surface area contributed by atoms with Crippen molar-refractivity contribution in [2.75, 3.05) is 45.9 Å². The quantitative estimate of drug-likeness (QED) is 0.807. The van der Waals surface area contributed by atoms with Gasteiger partial charge in [0, 0.05) is 51.7 Å². The van der Waals surface area contributed by atoms with Gasteiger partial charge in [-0.1, -0.05) is 24.3 Å². The molecule has 5 nitrogen and oxygen atoms in total. The van der Waals surface area contributed by atoms with Gasteiger partial charge in [-0.05, 0) is 24.0 Å². The summed E-state index contributed by atoms with van der Waals surface area (Å²) in [6.45, 7) is 4.90. The average molecular weight is 354 g/mol. The second-order valence-electron chi connectivity index (χ2n) is 6.39. The zero-order chi connectivity index (χ0) is 16.1. The lowest BCUT2D eigenvalue weighted by atomic mass is 10.1. The Morgan fingerprint density at radius 3 is 2.75 bits per heavy atom. The standard InChI is InChI=1S/C18H27N3O2.ClH/c22-14-13-20(10-7-18(23)21-11-8-19-9-12-21)17-6-5-15-3-1-2-4-16(15)17;/h1-4,17,19,22H,5-14H2;1H. The van der Waals surface area contributed by atoms with Gasteiger partial charge in [-0.15, -0.1) is 12.4 Å². The highest BCUT2D eigenvalue weighted by Gasteiger charge is 2.28. The van der Waals surface area contributed by atoms with E-state index in [0.29, 0.717) is 19.0 Å². The lowest BCUT2D eigenvalue weighted by molar-refractivity contribution is -0.132. The smallest absolute Gasteiger partial charge is 0.223 e. The minimum atomic E-state index is 0. The molecule has 134 valence electrons. The number of hydrogen-bond donors (Lipinski definition) is 2. The summed E-state index contributed by atoms with van der Waals surface area (Å²) in [6, 6.07) is 8.90. The number of aliphatic hydroxyl groups is 1. The molecule has 0 radical (unpaired) electrons. The van der Waals surface area contributed by atoms with E-state index in [0.717, 1.165) is 45.6 Å². The number of benzene rings is 1. The molecule has 24 heavy (non-hydrogen) atoms. The van der Waals surface area contributed by atoms with Crippen molar-refractivity contribution in [2.45, 2.75) is 25.3 Å². The van der Waals surface area contributed by atoms with E-state index in [1.807, 2.05) is 4.90 Å². The van der Waals surface area contributed by atoms with Crippen LogP contribution in [0.15, 0.2) is 24.3 Å². The number of piperazine rings is 1. The molecule has 1 aromatic carbocycles. The van der Waals surface area contributed by atoms with E-state index in [-0.39, 0.29) is 24.9 Å². The number of carbonyl (C=O) groups excluding carboxylic acids is 1. The second-order valence-corrected chi connectivity index (χ2v) is 6.39. The van der Waals surface area contributed by atoms with E-state index in [2.05, 4.69) is 34.5 Å². The molecular formula is C18H28ClN3O2. The van der Waals surface area contributed by atoms with Crippen LogP contribution in [0.2, 0.25) is 0 Å². The zero-order valence-electron chi connectivity index (χ0n) is 14.1. The summed E-state index contributed by atoms with van der Waals surface area (Å²) in [5.41, 5.74) is 2.78. The maximum absolute atomic E-state index is 12.4. The van der Waals surface area contributed by atoms with Gasteiger partial charge < -0.3 is 15.3 Å². The monoisotopic (exact) mass is 353 g/mol. The fourth-order valence-corrected chi connectivity index (χ4v) is 3.78. The fourth-order valence-electron chi connectivity index (χ4n) is 3.78. The zero-order valence-corrected chi connectivity index (χ0v) is 14.9. The molecule has 1 aliphatic carbocycles. The van der Waals surface area contributed by atoms with Gasteiger partial charge in [0.05, 0.1) is 6.61 Å². The van der Waals surface area contributed by atoms with E-state index in [9.17, 15) is 9.90 Å². The van der Waals surface area contributed by atoms with Crippen LogP contribution in [0.25, 0.3) is 0 Å². The Morgan fingerprint density at radius 1 is 1.25 bits per heavy atom. The predicted molar refractivity (Wildman–Crippen MR) is 97.5 cm³/mol. The van der Waals surface area contributed by atoms with Crippen LogP contribution in [0.3, 0.4) is 0 Å². The van der Waals surface area contributed by atoms with E-state index in [1.54, 1.807) is 0 Å². The Labute approximate surface area is 150 Å². The van der Waals surface area contributed by atoms with Crippen LogP contribution in [-0.4, -0.2) is 66.7 Å². The summed E-state index contributed by atoms with van der Waals surface area (Å²) >= 11 is 0. The molecule has 3 rings (SSSR count). The molecule has 1 aromatic rings. The van der Waals surface area contributed by atoms with Crippen LogP contribution in [0, 0.1) is 0 Å². The first-order valence-electron chi connectivity index (χ1n) is 8.71. The Bertz CT molecular complexity index is 535. The number of aryl methyl sites for hydroxylation is 1. The second kappa shape index (κ2) is 9.37. The number of amides is 1. The molecule has 6 heteroatoms. The van der Waals surface area contributed by atoms with Gasteiger partial charge in [-0.25, -0.2) is 0 Å². The van der Waals surface area contributed by atoms with Gasteiger partial charge in [-0.3, -0.25) is 9.69 Å². The summed E-state index contributed by atoms with van der Waals surface area (Å²) in [7, 11) is 0. The molecule has 1 heterocycles. The molecule has 0 bridgehead atoms. The highest BCUT2D eigenvalue weighted by molar-refractivity contribution is 5.85. The topological polar surface area (TPSA) is 55.8 Å². The van der Waals surface area contributed by atoms with E-state index >= 15 is 0 Å². The third-order valence-corrected chi connectivity index (χ3v) is 5.01. The first-order valence-corrected chi connectivity index (χ1v) is 8.71. The molecule has 1 saturated heterocycles. The molecule has 2 N–H and O–H groups in total. The van der Waals surface area contributed by atoms with Crippen molar-refractivity contribution in [3.63, 3.8) is 0 Å². The molecule has 1 unspecified atom stereocenters. The van der Waals surface area contributed by atoms with Crippen LogP contribution >= 0.6 is 12.4 Å². The van der Waals surface area contributed by atoms with E-state index in [4.69, 9.17) is 0 Å².